The number of anilines is 1. The van der Waals surface area contributed by atoms with Crippen molar-refractivity contribution in [3.63, 3.8) is 0 Å². The van der Waals surface area contributed by atoms with Crippen molar-refractivity contribution in [1.82, 2.24) is 5.43 Å². The number of nitrogens with zero attached hydrogens (tertiary/aromatic N) is 1. The fraction of sp³-hybridized carbons (Fsp3) is 0.0667. The molecule has 0 aliphatic carbocycles. The zero-order valence-electron chi connectivity index (χ0n) is 20.6. The number of benzene rings is 4. The van der Waals surface area contributed by atoms with Crippen LogP contribution in [0.1, 0.15) is 27.0 Å². The highest BCUT2D eigenvalue weighted by Gasteiger charge is 2.08. The monoisotopic (exact) mass is 559 g/mol. The van der Waals surface area contributed by atoms with Gasteiger partial charge in [-0.1, -0.05) is 47.5 Å². The molecule has 0 fully saturated rings. The number of carbonyl (C=O) groups excluding carboxylic acids is 3. The molecule has 0 aliphatic heterocycles. The first-order chi connectivity index (χ1) is 18.8. The lowest BCUT2D eigenvalue weighted by molar-refractivity contribution is -0.133. The Labute approximate surface area is 235 Å². The van der Waals surface area contributed by atoms with Crippen LogP contribution in [0.3, 0.4) is 0 Å². The van der Waals surface area contributed by atoms with Crippen LogP contribution in [0.25, 0.3) is 0 Å². The zero-order chi connectivity index (χ0) is 27.6. The molecule has 2 N–H and O–H groups in total. The van der Waals surface area contributed by atoms with Gasteiger partial charge in [-0.05, 0) is 89.5 Å². The summed E-state index contributed by atoms with van der Waals surface area (Å²) in [5.41, 5.74) is 5.76. The molecule has 2 amide bonds. The van der Waals surface area contributed by atoms with Crippen molar-refractivity contribution >= 4 is 52.9 Å². The SMILES string of the molecule is O=C(Cc1ccc(Cl)cc1)Nc1ccc(C(=O)N/N=C/c2ccc(OC(=O)Cc3ccc(Cl)cc3)cc2)cc1. The van der Waals surface area contributed by atoms with Crippen molar-refractivity contribution in [2.24, 2.45) is 5.10 Å². The van der Waals surface area contributed by atoms with Gasteiger partial charge in [0, 0.05) is 21.3 Å². The third kappa shape index (κ3) is 8.81. The normalized spacial score (nSPS) is 10.7. The Kier molecular flexibility index (Phi) is 9.45. The Morgan fingerprint density at radius 3 is 1.87 bits per heavy atom. The van der Waals surface area contributed by atoms with Gasteiger partial charge < -0.3 is 10.1 Å². The maximum atomic E-state index is 12.4. The standard InChI is InChI=1S/C30H23Cl2N3O4/c31-24-9-1-20(2-10-24)17-28(36)34-26-13-7-23(8-14-26)30(38)35-33-19-22-5-15-27(16-6-22)39-29(37)18-21-3-11-25(32)12-4-21/h1-16,19H,17-18H2,(H,34,36)(H,35,38)/b33-19+. The van der Waals surface area contributed by atoms with Gasteiger partial charge in [-0.25, -0.2) is 5.43 Å². The molecule has 4 aromatic rings. The Bertz CT molecular complexity index is 1470. The average molecular weight is 560 g/mol. The van der Waals surface area contributed by atoms with E-state index in [-0.39, 0.29) is 18.7 Å². The van der Waals surface area contributed by atoms with Crippen LogP contribution < -0.4 is 15.5 Å². The number of amides is 2. The first kappa shape index (κ1) is 27.6. The van der Waals surface area contributed by atoms with Gasteiger partial charge in [0.05, 0.1) is 19.1 Å². The number of ether oxygens (including phenoxy) is 1. The topological polar surface area (TPSA) is 96.9 Å². The van der Waals surface area contributed by atoms with Gasteiger partial charge >= 0.3 is 5.97 Å². The van der Waals surface area contributed by atoms with E-state index in [4.69, 9.17) is 27.9 Å². The molecule has 4 rings (SSSR count). The summed E-state index contributed by atoms with van der Waals surface area (Å²) in [4.78, 5) is 36.8. The number of halogens is 2. The minimum Gasteiger partial charge on any atom is -0.426 e. The lowest BCUT2D eigenvalue weighted by Gasteiger charge is -2.07. The van der Waals surface area contributed by atoms with E-state index in [9.17, 15) is 14.4 Å². The minimum absolute atomic E-state index is 0.128. The van der Waals surface area contributed by atoms with Crippen LogP contribution in [-0.2, 0) is 22.4 Å². The van der Waals surface area contributed by atoms with Gasteiger partial charge in [0.2, 0.25) is 5.91 Å². The van der Waals surface area contributed by atoms with E-state index in [1.54, 1.807) is 97.1 Å². The number of rotatable bonds is 9. The van der Waals surface area contributed by atoms with Crippen LogP contribution in [0.5, 0.6) is 5.75 Å². The largest absolute Gasteiger partial charge is 0.426 e. The van der Waals surface area contributed by atoms with Crippen LogP contribution in [0, 0.1) is 0 Å². The number of hydrogen-bond donors (Lipinski definition) is 2. The third-order valence-corrected chi connectivity index (χ3v) is 5.97. The first-order valence-electron chi connectivity index (χ1n) is 11.9. The number of carbonyl (C=O) groups is 3. The van der Waals surface area contributed by atoms with Gasteiger partial charge in [0.1, 0.15) is 5.75 Å². The van der Waals surface area contributed by atoms with Crippen molar-refractivity contribution in [2.45, 2.75) is 12.8 Å². The molecule has 0 heterocycles. The van der Waals surface area contributed by atoms with E-state index < -0.39 is 11.9 Å². The van der Waals surface area contributed by atoms with Gasteiger partial charge in [0.25, 0.3) is 5.91 Å². The Morgan fingerprint density at radius 2 is 1.28 bits per heavy atom. The maximum Gasteiger partial charge on any atom is 0.315 e. The van der Waals surface area contributed by atoms with Crippen LogP contribution in [0.4, 0.5) is 5.69 Å². The second kappa shape index (κ2) is 13.4. The summed E-state index contributed by atoms with van der Waals surface area (Å²) >= 11 is 11.7. The summed E-state index contributed by atoms with van der Waals surface area (Å²) in [6.45, 7) is 0. The predicted octanol–water partition coefficient (Wildman–Crippen LogP) is 6.09. The second-order valence-corrected chi connectivity index (χ2v) is 9.35. The summed E-state index contributed by atoms with van der Waals surface area (Å²) in [5, 5.41) is 7.98. The van der Waals surface area contributed by atoms with Crippen molar-refractivity contribution < 1.29 is 19.1 Å². The number of esters is 1. The Morgan fingerprint density at radius 1 is 0.718 bits per heavy atom. The van der Waals surface area contributed by atoms with Crippen LogP contribution >= 0.6 is 23.2 Å². The van der Waals surface area contributed by atoms with Crippen LogP contribution in [0.2, 0.25) is 10.0 Å². The fourth-order valence-corrected chi connectivity index (χ4v) is 3.74. The summed E-state index contributed by atoms with van der Waals surface area (Å²) in [7, 11) is 0. The molecule has 0 atom stereocenters. The van der Waals surface area contributed by atoms with Crippen molar-refractivity contribution in [2.75, 3.05) is 5.32 Å². The molecular weight excluding hydrogens is 537 g/mol. The highest BCUT2D eigenvalue weighted by atomic mass is 35.5. The lowest BCUT2D eigenvalue weighted by Crippen LogP contribution is -2.18. The molecule has 0 aromatic heterocycles. The minimum atomic E-state index is -0.405. The summed E-state index contributed by atoms with van der Waals surface area (Å²) < 4.78 is 5.35. The quantitative estimate of drug-likeness (QED) is 0.112. The van der Waals surface area contributed by atoms with Crippen molar-refractivity contribution in [1.29, 1.82) is 0 Å². The first-order valence-corrected chi connectivity index (χ1v) is 12.6. The Balaban J connectivity index is 1.22. The van der Waals surface area contributed by atoms with Crippen molar-refractivity contribution in [3.8, 4) is 5.75 Å². The van der Waals surface area contributed by atoms with Crippen LogP contribution in [-0.4, -0.2) is 24.0 Å². The molecule has 4 aromatic carbocycles. The highest BCUT2D eigenvalue weighted by Crippen LogP contribution is 2.15. The van der Waals surface area contributed by atoms with Gasteiger partial charge in [-0.2, -0.15) is 5.10 Å². The number of hydrogen-bond acceptors (Lipinski definition) is 5. The third-order valence-electron chi connectivity index (χ3n) is 5.46. The fourth-order valence-electron chi connectivity index (χ4n) is 3.49. The molecule has 0 unspecified atom stereocenters. The van der Waals surface area contributed by atoms with E-state index >= 15 is 0 Å². The molecule has 39 heavy (non-hydrogen) atoms. The highest BCUT2D eigenvalue weighted by molar-refractivity contribution is 6.30. The molecule has 0 radical (unpaired) electrons. The van der Waals surface area contributed by atoms with Gasteiger partial charge in [0.15, 0.2) is 0 Å². The van der Waals surface area contributed by atoms with E-state index in [1.165, 1.54) is 6.21 Å². The molecular formula is C30H23Cl2N3O4. The second-order valence-electron chi connectivity index (χ2n) is 8.47. The van der Waals surface area contributed by atoms with Crippen molar-refractivity contribution in [3.05, 3.63) is 129 Å². The molecule has 0 bridgehead atoms. The molecule has 0 spiro atoms. The molecule has 0 aliphatic rings. The van der Waals surface area contributed by atoms with E-state index in [1.807, 2.05) is 0 Å². The molecule has 0 saturated carbocycles. The predicted molar refractivity (Wildman–Crippen MR) is 153 cm³/mol. The lowest BCUT2D eigenvalue weighted by atomic mass is 10.1. The van der Waals surface area contributed by atoms with Gasteiger partial charge in [-0.3, -0.25) is 14.4 Å². The molecule has 9 heteroatoms. The van der Waals surface area contributed by atoms with E-state index in [0.717, 1.165) is 11.1 Å². The van der Waals surface area contributed by atoms with E-state index in [0.29, 0.717) is 32.6 Å². The molecule has 0 saturated heterocycles. The smallest absolute Gasteiger partial charge is 0.315 e. The average Bonchev–Trinajstić information content (AvgIpc) is 2.92. The maximum absolute atomic E-state index is 12.4. The zero-order valence-corrected chi connectivity index (χ0v) is 22.1. The number of hydrazone groups is 1. The van der Waals surface area contributed by atoms with Crippen LogP contribution in [0.15, 0.2) is 102 Å². The summed E-state index contributed by atoms with van der Waals surface area (Å²) in [5.74, 6) is -0.576. The van der Waals surface area contributed by atoms with Gasteiger partial charge in [-0.15, -0.1) is 0 Å². The molecule has 7 nitrogen and oxygen atoms in total. The molecule has 196 valence electrons. The van der Waals surface area contributed by atoms with E-state index in [2.05, 4.69) is 15.8 Å². The number of nitrogens with one attached hydrogen (secondary N) is 2. The summed E-state index contributed by atoms with van der Waals surface area (Å²) in [6.07, 6.45) is 1.81. The Hall–Kier alpha value is -4.46. The summed E-state index contributed by atoms with van der Waals surface area (Å²) in [6, 6.07) is 27.2.